The molecule has 20 heavy (non-hydrogen) atoms. The fourth-order valence-electron chi connectivity index (χ4n) is 2.19. The zero-order valence-corrected chi connectivity index (χ0v) is 11.2. The van der Waals surface area contributed by atoms with E-state index in [9.17, 15) is 5.11 Å². The number of ether oxygens (including phenoxy) is 1. The molecule has 2 aromatic heterocycles. The first kappa shape index (κ1) is 12.6. The van der Waals surface area contributed by atoms with Crippen LogP contribution in [-0.4, -0.2) is 33.4 Å². The van der Waals surface area contributed by atoms with Gasteiger partial charge in [0.15, 0.2) is 5.65 Å². The van der Waals surface area contributed by atoms with Crippen molar-refractivity contribution >= 4 is 11.2 Å². The van der Waals surface area contributed by atoms with Crippen molar-refractivity contribution in [3.63, 3.8) is 0 Å². The number of hydrogen-bond donors (Lipinski definition) is 1. The van der Waals surface area contributed by atoms with Crippen LogP contribution in [0.2, 0.25) is 0 Å². The average molecular weight is 269 g/mol. The van der Waals surface area contributed by atoms with Gasteiger partial charge in [-0.15, -0.1) is 0 Å². The number of fused-ring (bicyclic) bond motifs is 1. The molecule has 3 rings (SSSR count). The summed E-state index contributed by atoms with van der Waals surface area (Å²) < 4.78 is 7.13. The van der Waals surface area contributed by atoms with E-state index in [1.807, 2.05) is 28.8 Å². The Balaban J connectivity index is 2.17. The second-order valence-corrected chi connectivity index (χ2v) is 4.47. The number of hydrogen-bond acceptors (Lipinski definition) is 4. The molecule has 0 aliphatic rings. The van der Waals surface area contributed by atoms with Crippen LogP contribution in [0.1, 0.15) is 5.82 Å². The first-order valence-electron chi connectivity index (χ1n) is 6.40. The SMILES string of the molecule is COCCc1nc2cccnc2n1-c1ccc(O)cc1. The molecule has 3 aromatic rings. The number of phenolic OH excluding ortho intramolecular Hbond substituents is 1. The molecule has 0 fully saturated rings. The van der Waals surface area contributed by atoms with Crippen molar-refractivity contribution in [3.05, 3.63) is 48.4 Å². The van der Waals surface area contributed by atoms with Gasteiger partial charge in [-0.3, -0.25) is 4.57 Å². The van der Waals surface area contributed by atoms with Crippen LogP contribution >= 0.6 is 0 Å². The lowest BCUT2D eigenvalue weighted by atomic mass is 10.3. The molecule has 0 atom stereocenters. The largest absolute Gasteiger partial charge is 0.508 e. The van der Waals surface area contributed by atoms with Gasteiger partial charge in [0.25, 0.3) is 0 Å². The van der Waals surface area contributed by atoms with Crippen molar-refractivity contribution in [1.29, 1.82) is 0 Å². The lowest BCUT2D eigenvalue weighted by Gasteiger charge is -2.08. The van der Waals surface area contributed by atoms with E-state index in [-0.39, 0.29) is 5.75 Å². The minimum atomic E-state index is 0.240. The fourth-order valence-corrected chi connectivity index (χ4v) is 2.19. The minimum Gasteiger partial charge on any atom is -0.508 e. The van der Waals surface area contributed by atoms with Crippen molar-refractivity contribution in [2.45, 2.75) is 6.42 Å². The average Bonchev–Trinajstić information content (AvgIpc) is 2.84. The van der Waals surface area contributed by atoms with Crippen LogP contribution in [0, 0.1) is 0 Å². The predicted molar refractivity (Wildman–Crippen MR) is 76.1 cm³/mol. The molecule has 0 radical (unpaired) electrons. The van der Waals surface area contributed by atoms with E-state index >= 15 is 0 Å². The van der Waals surface area contributed by atoms with Crippen molar-refractivity contribution in [2.75, 3.05) is 13.7 Å². The number of aromatic nitrogens is 3. The summed E-state index contributed by atoms with van der Waals surface area (Å²) in [7, 11) is 1.67. The van der Waals surface area contributed by atoms with Crippen LogP contribution in [0.25, 0.3) is 16.9 Å². The van der Waals surface area contributed by atoms with Gasteiger partial charge in [-0.2, -0.15) is 0 Å². The Hall–Kier alpha value is -2.40. The smallest absolute Gasteiger partial charge is 0.164 e. The van der Waals surface area contributed by atoms with Gasteiger partial charge < -0.3 is 9.84 Å². The number of rotatable bonds is 4. The highest BCUT2D eigenvalue weighted by Crippen LogP contribution is 2.21. The molecule has 0 saturated heterocycles. The lowest BCUT2D eigenvalue weighted by molar-refractivity contribution is 0.200. The Morgan fingerprint density at radius 1 is 1.20 bits per heavy atom. The predicted octanol–water partition coefficient (Wildman–Crippen LogP) is 2.32. The molecule has 0 bridgehead atoms. The summed E-state index contributed by atoms with van der Waals surface area (Å²) >= 11 is 0. The maximum atomic E-state index is 9.42. The summed E-state index contributed by atoms with van der Waals surface area (Å²) in [5.41, 5.74) is 2.59. The Bertz CT molecular complexity index is 720. The van der Waals surface area contributed by atoms with Crippen molar-refractivity contribution < 1.29 is 9.84 Å². The Morgan fingerprint density at radius 3 is 2.75 bits per heavy atom. The second-order valence-electron chi connectivity index (χ2n) is 4.47. The van der Waals surface area contributed by atoms with Crippen LogP contribution in [0.3, 0.4) is 0 Å². The van der Waals surface area contributed by atoms with E-state index in [0.717, 1.165) is 22.7 Å². The highest BCUT2D eigenvalue weighted by Gasteiger charge is 2.12. The van der Waals surface area contributed by atoms with E-state index in [2.05, 4.69) is 9.97 Å². The molecule has 0 amide bonds. The van der Waals surface area contributed by atoms with E-state index in [4.69, 9.17) is 4.74 Å². The van der Waals surface area contributed by atoms with Crippen LogP contribution in [-0.2, 0) is 11.2 Å². The molecule has 2 heterocycles. The number of imidazole rings is 1. The van der Waals surface area contributed by atoms with Gasteiger partial charge in [-0.25, -0.2) is 9.97 Å². The van der Waals surface area contributed by atoms with Crippen LogP contribution in [0.5, 0.6) is 5.75 Å². The Kier molecular flexibility index (Phi) is 3.35. The van der Waals surface area contributed by atoms with Crippen molar-refractivity contribution in [2.24, 2.45) is 0 Å². The molecule has 0 aliphatic heterocycles. The highest BCUT2D eigenvalue weighted by molar-refractivity contribution is 5.73. The van der Waals surface area contributed by atoms with Crippen LogP contribution < -0.4 is 0 Å². The molecular formula is C15H15N3O2. The first-order valence-corrected chi connectivity index (χ1v) is 6.40. The number of aromatic hydroxyl groups is 1. The number of phenols is 1. The van der Waals surface area contributed by atoms with Crippen molar-refractivity contribution in [1.82, 2.24) is 14.5 Å². The Labute approximate surface area is 116 Å². The van der Waals surface area contributed by atoms with Gasteiger partial charge in [0, 0.05) is 25.4 Å². The molecule has 0 unspecified atom stereocenters. The zero-order valence-electron chi connectivity index (χ0n) is 11.2. The number of benzene rings is 1. The topological polar surface area (TPSA) is 60.2 Å². The van der Waals surface area contributed by atoms with Crippen LogP contribution in [0.15, 0.2) is 42.6 Å². The normalized spacial score (nSPS) is 11.1. The third-order valence-electron chi connectivity index (χ3n) is 3.12. The summed E-state index contributed by atoms with van der Waals surface area (Å²) in [4.78, 5) is 9.01. The molecule has 1 aromatic carbocycles. The van der Waals surface area contributed by atoms with Gasteiger partial charge in [-0.1, -0.05) is 0 Å². The van der Waals surface area contributed by atoms with Gasteiger partial charge in [0.1, 0.15) is 17.1 Å². The number of pyridine rings is 1. The van der Waals surface area contributed by atoms with E-state index < -0.39 is 0 Å². The summed E-state index contributed by atoms with van der Waals surface area (Å²) in [6.45, 7) is 0.599. The van der Waals surface area contributed by atoms with E-state index in [1.165, 1.54) is 0 Å². The fraction of sp³-hybridized carbons (Fsp3) is 0.200. The van der Waals surface area contributed by atoms with Gasteiger partial charge >= 0.3 is 0 Å². The molecule has 5 nitrogen and oxygen atoms in total. The van der Waals surface area contributed by atoms with Gasteiger partial charge in [0.2, 0.25) is 0 Å². The summed E-state index contributed by atoms with van der Waals surface area (Å²) in [5, 5.41) is 9.42. The molecular weight excluding hydrogens is 254 g/mol. The Morgan fingerprint density at radius 2 is 2.00 bits per heavy atom. The summed E-state index contributed by atoms with van der Waals surface area (Å²) in [5.74, 6) is 1.14. The van der Waals surface area contributed by atoms with Gasteiger partial charge in [-0.05, 0) is 36.4 Å². The number of nitrogens with zero attached hydrogens (tertiary/aromatic N) is 3. The third kappa shape index (κ3) is 2.23. The van der Waals surface area contributed by atoms with E-state index in [1.54, 1.807) is 25.4 Å². The second kappa shape index (κ2) is 5.30. The molecule has 102 valence electrons. The number of methoxy groups -OCH3 is 1. The zero-order chi connectivity index (χ0) is 13.9. The highest BCUT2D eigenvalue weighted by atomic mass is 16.5. The monoisotopic (exact) mass is 269 g/mol. The molecule has 0 aliphatic carbocycles. The summed E-state index contributed by atoms with van der Waals surface area (Å²) in [6, 6.07) is 10.8. The molecule has 5 heteroatoms. The standard InChI is InChI=1S/C15H15N3O2/c1-20-10-8-14-17-13-3-2-9-16-15(13)18(14)11-4-6-12(19)7-5-11/h2-7,9,19H,8,10H2,1H3. The molecule has 0 spiro atoms. The molecule has 0 saturated carbocycles. The minimum absolute atomic E-state index is 0.240. The third-order valence-corrected chi connectivity index (χ3v) is 3.12. The first-order chi connectivity index (χ1) is 9.79. The molecule has 1 N–H and O–H groups in total. The van der Waals surface area contributed by atoms with Crippen LogP contribution in [0.4, 0.5) is 0 Å². The maximum absolute atomic E-state index is 9.42. The quantitative estimate of drug-likeness (QED) is 0.789. The van der Waals surface area contributed by atoms with Crippen molar-refractivity contribution in [3.8, 4) is 11.4 Å². The van der Waals surface area contributed by atoms with Gasteiger partial charge in [0.05, 0.1) is 6.61 Å². The lowest BCUT2D eigenvalue weighted by Crippen LogP contribution is -2.05. The maximum Gasteiger partial charge on any atom is 0.164 e. The van der Waals surface area contributed by atoms with E-state index in [0.29, 0.717) is 13.0 Å². The summed E-state index contributed by atoms with van der Waals surface area (Å²) in [6.07, 6.45) is 2.45.